The van der Waals surface area contributed by atoms with Crippen LogP contribution >= 0.6 is 0 Å². The normalized spacial score (nSPS) is 17.3. The van der Waals surface area contributed by atoms with Crippen molar-refractivity contribution in [3.05, 3.63) is 40.4 Å². The Morgan fingerprint density at radius 1 is 1.43 bits per heavy atom. The minimum atomic E-state index is -0.134. The molecule has 0 amide bonds. The van der Waals surface area contributed by atoms with Crippen molar-refractivity contribution >= 4 is 5.82 Å². The van der Waals surface area contributed by atoms with Crippen LogP contribution in [0.2, 0.25) is 0 Å². The maximum atomic E-state index is 11.6. The van der Waals surface area contributed by atoms with Crippen molar-refractivity contribution in [3.8, 4) is 11.4 Å². The third-order valence-corrected chi connectivity index (χ3v) is 3.99. The average molecular weight is 314 g/mol. The number of pyridine rings is 1. The van der Waals surface area contributed by atoms with Gasteiger partial charge in [0.05, 0.1) is 6.10 Å². The predicted octanol–water partition coefficient (Wildman–Crippen LogP) is 2.38. The fourth-order valence-electron chi connectivity index (χ4n) is 2.70. The van der Waals surface area contributed by atoms with E-state index in [1.807, 2.05) is 19.1 Å². The van der Waals surface area contributed by atoms with Gasteiger partial charge in [-0.2, -0.15) is 0 Å². The summed E-state index contributed by atoms with van der Waals surface area (Å²) in [6.45, 7) is 3.71. The zero-order valence-electron chi connectivity index (χ0n) is 13.3. The first-order valence-electron chi connectivity index (χ1n) is 8.16. The van der Waals surface area contributed by atoms with Gasteiger partial charge in [0.15, 0.2) is 0 Å². The lowest BCUT2D eigenvalue weighted by Crippen LogP contribution is -2.13. The number of rotatable bonds is 6. The Morgan fingerprint density at radius 2 is 2.35 bits per heavy atom. The molecule has 1 aliphatic heterocycles. The van der Waals surface area contributed by atoms with Crippen molar-refractivity contribution in [2.45, 2.75) is 38.7 Å². The molecule has 0 unspecified atom stereocenters. The van der Waals surface area contributed by atoms with Gasteiger partial charge in [-0.05, 0) is 37.8 Å². The highest BCUT2D eigenvalue weighted by molar-refractivity contribution is 5.55. The molecule has 0 aliphatic carbocycles. The number of aromatic nitrogens is 3. The standard InChI is InChI=1S/C17H22N4O2/c1-2-13-10-16(22)21-17(20-13)12-5-6-15(19-11-12)18-8-7-14-4-3-9-23-14/h5-6,10-11,14H,2-4,7-9H2,1H3,(H,18,19)(H,20,21,22)/t14-/m0/s1. The molecule has 1 aliphatic rings. The number of H-pyrrole nitrogens is 1. The lowest BCUT2D eigenvalue weighted by Gasteiger charge is -2.10. The Labute approximate surface area is 135 Å². The van der Waals surface area contributed by atoms with Gasteiger partial charge in [0.1, 0.15) is 11.6 Å². The number of hydrogen-bond acceptors (Lipinski definition) is 5. The minimum absolute atomic E-state index is 0.134. The summed E-state index contributed by atoms with van der Waals surface area (Å²) in [5, 5.41) is 3.30. The van der Waals surface area contributed by atoms with E-state index < -0.39 is 0 Å². The Bertz CT molecular complexity index is 690. The smallest absolute Gasteiger partial charge is 0.251 e. The summed E-state index contributed by atoms with van der Waals surface area (Å²) >= 11 is 0. The zero-order valence-corrected chi connectivity index (χ0v) is 13.3. The zero-order chi connectivity index (χ0) is 16.1. The molecule has 1 atom stereocenters. The van der Waals surface area contributed by atoms with Crippen LogP contribution in [-0.2, 0) is 11.2 Å². The number of nitrogens with one attached hydrogen (secondary N) is 2. The van der Waals surface area contributed by atoms with E-state index in [0.29, 0.717) is 11.9 Å². The minimum Gasteiger partial charge on any atom is -0.378 e. The van der Waals surface area contributed by atoms with Gasteiger partial charge < -0.3 is 15.0 Å². The molecular formula is C17H22N4O2. The van der Waals surface area contributed by atoms with Crippen molar-refractivity contribution in [1.82, 2.24) is 15.0 Å². The van der Waals surface area contributed by atoms with E-state index in [2.05, 4.69) is 20.3 Å². The third-order valence-electron chi connectivity index (χ3n) is 3.99. The number of nitrogens with zero attached hydrogens (tertiary/aromatic N) is 2. The highest BCUT2D eigenvalue weighted by atomic mass is 16.5. The summed E-state index contributed by atoms with van der Waals surface area (Å²) in [6, 6.07) is 5.35. The number of aromatic amines is 1. The second kappa shape index (κ2) is 7.37. The molecular weight excluding hydrogens is 292 g/mol. The molecule has 0 aromatic carbocycles. The topological polar surface area (TPSA) is 79.9 Å². The van der Waals surface area contributed by atoms with E-state index in [0.717, 1.165) is 49.5 Å². The molecule has 3 heterocycles. The van der Waals surface area contributed by atoms with Gasteiger partial charge >= 0.3 is 0 Å². The summed E-state index contributed by atoms with van der Waals surface area (Å²) in [6.07, 6.45) is 6.16. The van der Waals surface area contributed by atoms with E-state index >= 15 is 0 Å². The van der Waals surface area contributed by atoms with E-state index in [4.69, 9.17) is 4.74 Å². The molecule has 2 aromatic rings. The van der Waals surface area contributed by atoms with Crippen molar-refractivity contribution in [2.75, 3.05) is 18.5 Å². The third kappa shape index (κ3) is 4.16. The number of hydrogen-bond donors (Lipinski definition) is 2. The molecule has 0 bridgehead atoms. The summed E-state index contributed by atoms with van der Waals surface area (Å²) in [5.74, 6) is 1.38. The largest absolute Gasteiger partial charge is 0.378 e. The second-order valence-electron chi connectivity index (χ2n) is 5.72. The second-order valence-corrected chi connectivity index (χ2v) is 5.72. The molecule has 1 fully saturated rings. The van der Waals surface area contributed by atoms with Crippen LogP contribution in [0.15, 0.2) is 29.2 Å². The molecule has 0 radical (unpaired) electrons. The summed E-state index contributed by atoms with van der Waals surface area (Å²) in [4.78, 5) is 23.2. The molecule has 2 N–H and O–H groups in total. The maximum Gasteiger partial charge on any atom is 0.251 e. The van der Waals surface area contributed by atoms with Crippen molar-refractivity contribution in [1.29, 1.82) is 0 Å². The highest BCUT2D eigenvalue weighted by Gasteiger charge is 2.14. The first-order valence-corrected chi connectivity index (χ1v) is 8.16. The predicted molar refractivity (Wildman–Crippen MR) is 89.5 cm³/mol. The van der Waals surface area contributed by atoms with Gasteiger partial charge in [0.2, 0.25) is 0 Å². The fraction of sp³-hybridized carbons (Fsp3) is 0.471. The van der Waals surface area contributed by atoms with Gasteiger partial charge in [-0.15, -0.1) is 0 Å². The van der Waals surface area contributed by atoms with Gasteiger partial charge in [0, 0.05) is 36.7 Å². The van der Waals surface area contributed by atoms with E-state index in [1.54, 1.807) is 6.20 Å². The molecule has 3 rings (SSSR count). The lowest BCUT2D eigenvalue weighted by atomic mass is 10.2. The number of aryl methyl sites for hydroxylation is 1. The molecule has 6 nitrogen and oxygen atoms in total. The monoisotopic (exact) mass is 314 g/mol. The molecule has 6 heteroatoms. The van der Waals surface area contributed by atoms with Gasteiger partial charge in [-0.3, -0.25) is 4.79 Å². The fourth-order valence-corrected chi connectivity index (χ4v) is 2.70. The van der Waals surface area contributed by atoms with Crippen molar-refractivity contribution in [2.24, 2.45) is 0 Å². The molecule has 0 saturated carbocycles. The van der Waals surface area contributed by atoms with E-state index in [9.17, 15) is 4.79 Å². The number of ether oxygens (including phenoxy) is 1. The summed E-state index contributed by atoms with van der Waals surface area (Å²) in [5.41, 5.74) is 1.45. The molecule has 1 saturated heterocycles. The Balaban J connectivity index is 1.62. The van der Waals surface area contributed by atoms with Crippen LogP contribution < -0.4 is 10.9 Å². The van der Waals surface area contributed by atoms with Crippen LogP contribution in [0.25, 0.3) is 11.4 Å². The molecule has 122 valence electrons. The van der Waals surface area contributed by atoms with Crippen molar-refractivity contribution in [3.63, 3.8) is 0 Å². The Hall–Kier alpha value is -2.21. The van der Waals surface area contributed by atoms with E-state index in [-0.39, 0.29) is 5.56 Å². The molecule has 0 spiro atoms. The Morgan fingerprint density at radius 3 is 3.04 bits per heavy atom. The molecule has 23 heavy (non-hydrogen) atoms. The summed E-state index contributed by atoms with van der Waals surface area (Å²) in [7, 11) is 0. The lowest BCUT2D eigenvalue weighted by molar-refractivity contribution is 0.107. The van der Waals surface area contributed by atoms with Gasteiger partial charge in [-0.1, -0.05) is 6.92 Å². The Kier molecular flexibility index (Phi) is 5.02. The van der Waals surface area contributed by atoms with Crippen LogP contribution in [0.5, 0.6) is 0 Å². The first-order chi connectivity index (χ1) is 11.2. The van der Waals surface area contributed by atoms with Crippen LogP contribution in [-0.4, -0.2) is 34.2 Å². The van der Waals surface area contributed by atoms with Crippen molar-refractivity contribution < 1.29 is 4.74 Å². The SMILES string of the molecule is CCc1cc(=O)[nH]c(-c2ccc(NCC[C@@H]3CCCO3)nc2)n1. The molecule has 2 aromatic heterocycles. The van der Waals surface area contributed by atoms with Gasteiger partial charge in [-0.25, -0.2) is 9.97 Å². The van der Waals surface area contributed by atoms with E-state index in [1.165, 1.54) is 12.5 Å². The number of anilines is 1. The van der Waals surface area contributed by atoms with Crippen LogP contribution in [0.3, 0.4) is 0 Å². The average Bonchev–Trinajstić information content (AvgIpc) is 3.08. The van der Waals surface area contributed by atoms with Crippen LogP contribution in [0, 0.1) is 0 Å². The first kappa shape index (κ1) is 15.7. The van der Waals surface area contributed by atoms with Crippen LogP contribution in [0.4, 0.5) is 5.82 Å². The van der Waals surface area contributed by atoms with Gasteiger partial charge in [0.25, 0.3) is 5.56 Å². The maximum absolute atomic E-state index is 11.6. The summed E-state index contributed by atoms with van der Waals surface area (Å²) < 4.78 is 5.60. The quantitative estimate of drug-likeness (QED) is 0.855. The highest BCUT2D eigenvalue weighted by Crippen LogP contribution is 2.17. The van der Waals surface area contributed by atoms with Crippen LogP contribution in [0.1, 0.15) is 31.9 Å².